The summed E-state index contributed by atoms with van der Waals surface area (Å²) in [5.74, 6) is 0.867. The molecule has 0 fully saturated rings. The van der Waals surface area contributed by atoms with Gasteiger partial charge >= 0.3 is 0 Å². The number of hydrogen-bond acceptors (Lipinski definition) is 4. The van der Waals surface area contributed by atoms with E-state index in [0.717, 1.165) is 53.3 Å². The van der Waals surface area contributed by atoms with Crippen LogP contribution < -0.4 is 10.5 Å². The average molecular weight is 327 g/mol. The standard InChI is InChI=1S/C19H27N4O/c1-23(2,3)14-4-5-15-24-19-12-10-18(11-13-19)22-21-17-8-6-16(20)7-9-17/h6-13H,4-5,14-15,20H2,1-3H3/q+1. The number of ether oxygens (including phenoxy) is 1. The van der Waals surface area contributed by atoms with Gasteiger partial charge in [0.1, 0.15) is 5.75 Å². The van der Waals surface area contributed by atoms with Crippen LogP contribution in [0.5, 0.6) is 5.75 Å². The highest BCUT2D eigenvalue weighted by Crippen LogP contribution is 2.22. The number of nitrogens with zero attached hydrogens (tertiary/aromatic N) is 3. The number of benzene rings is 2. The molecule has 0 aliphatic rings. The summed E-state index contributed by atoms with van der Waals surface area (Å²) in [7, 11) is 6.62. The molecular formula is C19H27N4O+. The summed E-state index contributed by atoms with van der Waals surface area (Å²) in [6.07, 6.45) is 2.23. The Morgan fingerprint density at radius 1 is 0.833 bits per heavy atom. The van der Waals surface area contributed by atoms with E-state index in [0.29, 0.717) is 0 Å². The number of nitrogens with two attached hydrogens (primary N) is 1. The fourth-order valence-electron chi connectivity index (χ4n) is 2.14. The normalized spacial score (nSPS) is 11.8. The van der Waals surface area contributed by atoms with Crippen LogP contribution in [0.25, 0.3) is 0 Å². The van der Waals surface area contributed by atoms with E-state index >= 15 is 0 Å². The third kappa shape index (κ3) is 6.79. The van der Waals surface area contributed by atoms with Crippen molar-refractivity contribution >= 4 is 17.1 Å². The van der Waals surface area contributed by atoms with E-state index < -0.39 is 0 Å². The molecule has 0 heterocycles. The predicted molar refractivity (Wildman–Crippen MR) is 99.1 cm³/mol. The van der Waals surface area contributed by atoms with Gasteiger partial charge in [-0.25, -0.2) is 0 Å². The van der Waals surface area contributed by atoms with Gasteiger partial charge in [0.2, 0.25) is 0 Å². The number of nitrogen functional groups attached to an aromatic ring is 1. The minimum atomic E-state index is 0.719. The van der Waals surface area contributed by atoms with Gasteiger partial charge in [-0.2, -0.15) is 10.2 Å². The van der Waals surface area contributed by atoms with Crippen LogP contribution >= 0.6 is 0 Å². The van der Waals surface area contributed by atoms with Crippen molar-refractivity contribution < 1.29 is 9.22 Å². The van der Waals surface area contributed by atoms with Crippen LogP contribution in [0.2, 0.25) is 0 Å². The second-order valence-electron chi connectivity index (χ2n) is 6.85. The maximum absolute atomic E-state index is 5.76. The van der Waals surface area contributed by atoms with Crippen molar-refractivity contribution in [1.82, 2.24) is 0 Å². The molecule has 0 aromatic heterocycles. The molecule has 0 aliphatic carbocycles. The summed E-state index contributed by atoms with van der Waals surface area (Å²) >= 11 is 0. The number of quaternary nitrogens is 1. The Kier molecular flexibility index (Phi) is 6.32. The van der Waals surface area contributed by atoms with Gasteiger partial charge in [-0.15, -0.1) is 0 Å². The van der Waals surface area contributed by atoms with E-state index in [1.807, 2.05) is 48.5 Å². The number of rotatable bonds is 8. The minimum Gasteiger partial charge on any atom is -0.494 e. The van der Waals surface area contributed by atoms with Crippen molar-refractivity contribution in [1.29, 1.82) is 0 Å². The van der Waals surface area contributed by atoms with E-state index in [2.05, 4.69) is 31.4 Å². The quantitative estimate of drug-likeness (QED) is 0.335. The van der Waals surface area contributed by atoms with Crippen LogP contribution in [0.1, 0.15) is 12.8 Å². The Labute approximate surface area is 144 Å². The molecule has 24 heavy (non-hydrogen) atoms. The molecule has 2 rings (SSSR count). The first-order valence-electron chi connectivity index (χ1n) is 8.23. The summed E-state index contributed by atoms with van der Waals surface area (Å²) < 4.78 is 6.75. The van der Waals surface area contributed by atoms with Crippen LogP contribution in [0.3, 0.4) is 0 Å². The van der Waals surface area contributed by atoms with Gasteiger partial charge in [-0.05, 0) is 61.4 Å². The lowest BCUT2D eigenvalue weighted by atomic mass is 10.3. The number of unbranched alkanes of at least 4 members (excludes halogenated alkanes) is 1. The Hall–Kier alpha value is -2.40. The van der Waals surface area contributed by atoms with Crippen molar-refractivity contribution in [3.8, 4) is 5.75 Å². The van der Waals surface area contributed by atoms with Gasteiger partial charge in [0, 0.05) is 5.69 Å². The second-order valence-corrected chi connectivity index (χ2v) is 6.85. The Bertz CT molecular complexity index is 643. The van der Waals surface area contributed by atoms with Crippen molar-refractivity contribution in [2.24, 2.45) is 10.2 Å². The first kappa shape index (κ1) is 17.9. The zero-order valence-electron chi connectivity index (χ0n) is 14.8. The Morgan fingerprint density at radius 3 is 1.92 bits per heavy atom. The third-order valence-electron chi connectivity index (χ3n) is 3.50. The number of hydrogen-bond donors (Lipinski definition) is 1. The smallest absolute Gasteiger partial charge is 0.119 e. The van der Waals surface area contributed by atoms with E-state index in [1.54, 1.807) is 0 Å². The SMILES string of the molecule is C[N+](C)(C)CCCCOc1ccc(N=Nc2ccc(N)cc2)cc1. The van der Waals surface area contributed by atoms with E-state index in [-0.39, 0.29) is 0 Å². The first-order chi connectivity index (χ1) is 11.4. The highest BCUT2D eigenvalue weighted by molar-refractivity contribution is 5.48. The van der Waals surface area contributed by atoms with Gasteiger partial charge in [-0.1, -0.05) is 0 Å². The maximum atomic E-state index is 5.76. The molecule has 0 unspecified atom stereocenters. The molecule has 128 valence electrons. The maximum Gasteiger partial charge on any atom is 0.119 e. The van der Waals surface area contributed by atoms with Crippen LogP contribution in [0, 0.1) is 0 Å². The molecule has 5 heteroatoms. The monoisotopic (exact) mass is 327 g/mol. The molecular weight excluding hydrogens is 300 g/mol. The molecule has 0 amide bonds. The summed E-state index contributed by atoms with van der Waals surface area (Å²) in [6.45, 7) is 1.90. The van der Waals surface area contributed by atoms with Crippen LogP contribution in [-0.4, -0.2) is 38.8 Å². The largest absolute Gasteiger partial charge is 0.494 e. The zero-order chi connectivity index (χ0) is 17.4. The van der Waals surface area contributed by atoms with E-state index in [4.69, 9.17) is 10.5 Å². The van der Waals surface area contributed by atoms with Gasteiger partial charge < -0.3 is 15.0 Å². The fourth-order valence-corrected chi connectivity index (χ4v) is 2.14. The number of azo groups is 1. The van der Waals surface area contributed by atoms with Gasteiger partial charge in [0.05, 0.1) is 45.7 Å². The molecule has 5 nitrogen and oxygen atoms in total. The Balaban J connectivity index is 1.77. The lowest BCUT2D eigenvalue weighted by Gasteiger charge is -2.23. The highest BCUT2D eigenvalue weighted by Gasteiger charge is 2.05. The van der Waals surface area contributed by atoms with Gasteiger partial charge in [-0.3, -0.25) is 0 Å². The lowest BCUT2D eigenvalue weighted by Crippen LogP contribution is -2.35. The zero-order valence-corrected chi connectivity index (χ0v) is 14.8. The van der Waals surface area contributed by atoms with Crippen molar-refractivity contribution in [2.45, 2.75) is 12.8 Å². The molecule has 0 saturated heterocycles. The van der Waals surface area contributed by atoms with Crippen molar-refractivity contribution in [3.05, 3.63) is 48.5 Å². The molecule has 0 radical (unpaired) electrons. The summed E-state index contributed by atoms with van der Waals surface area (Å²) in [5.41, 5.74) is 7.94. The third-order valence-corrected chi connectivity index (χ3v) is 3.50. The van der Waals surface area contributed by atoms with E-state index in [9.17, 15) is 0 Å². The summed E-state index contributed by atoms with van der Waals surface area (Å²) in [4.78, 5) is 0. The molecule has 0 bridgehead atoms. The van der Waals surface area contributed by atoms with Crippen LogP contribution in [-0.2, 0) is 0 Å². The van der Waals surface area contributed by atoms with E-state index in [1.165, 1.54) is 0 Å². The van der Waals surface area contributed by atoms with Crippen molar-refractivity contribution in [2.75, 3.05) is 40.0 Å². The fraction of sp³-hybridized carbons (Fsp3) is 0.368. The van der Waals surface area contributed by atoms with Crippen molar-refractivity contribution in [3.63, 3.8) is 0 Å². The summed E-state index contributed by atoms with van der Waals surface area (Å²) in [5, 5.41) is 8.39. The molecule has 0 spiro atoms. The molecule has 0 atom stereocenters. The second kappa shape index (κ2) is 8.45. The number of anilines is 1. The first-order valence-corrected chi connectivity index (χ1v) is 8.23. The van der Waals surface area contributed by atoms with Gasteiger partial charge in [0.15, 0.2) is 0 Å². The molecule has 2 aromatic carbocycles. The summed E-state index contributed by atoms with van der Waals surface area (Å²) in [6, 6.07) is 15.0. The molecule has 2 aromatic rings. The highest BCUT2D eigenvalue weighted by atomic mass is 16.5. The minimum absolute atomic E-state index is 0.719. The van der Waals surface area contributed by atoms with Crippen LogP contribution in [0.15, 0.2) is 58.8 Å². The van der Waals surface area contributed by atoms with Crippen LogP contribution in [0.4, 0.5) is 17.1 Å². The average Bonchev–Trinajstić information content (AvgIpc) is 2.54. The molecule has 0 saturated carbocycles. The predicted octanol–water partition coefficient (Wildman–Crippen LogP) is 4.55. The topological polar surface area (TPSA) is 60.0 Å². The molecule has 2 N–H and O–H groups in total. The lowest BCUT2D eigenvalue weighted by molar-refractivity contribution is -0.870. The van der Waals surface area contributed by atoms with Gasteiger partial charge in [0.25, 0.3) is 0 Å². The molecule has 0 aliphatic heterocycles. The Morgan fingerprint density at radius 2 is 1.38 bits per heavy atom.